The maximum Gasteiger partial charge on any atom is 0.242 e. The molecule has 1 aliphatic rings. The first-order valence-electron chi connectivity index (χ1n) is 6.70. The third-order valence-corrected chi connectivity index (χ3v) is 3.85. The molecule has 2 rings (SSSR count). The third-order valence-electron chi connectivity index (χ3n) is 3.41. The van der Waals surface area contributed by atoms with Crippen LogP contribution in [0.4, 0.5) is 14.5 Å². The molecule has 1 fully saturated rings. The number of rotatable bonds is 4. The summed E-state index contributed by atoms with van der Waals surface area (Å²) < 4.78 is 25.4. The van der Waals surface area contributed by atoms with Gasteiger partial charge in [0.25, 0.3) is 0 Å². The predicted octanol–water partition coefficient (Wildman–Crippen LogP) is 3.91. The number of piperidine rings is 1. The lowest BCUT2D eigenvalue weighted by molar-refractivity contribution is -0.118. The van der Waals surface area contributed by atoms with Gasteiger partial charge < -0.3 is 5.32 Å². The number of likely N-dealkylation sites (tertiary alicyclic amines) is 1. The minimum absolute atomic E-state index is 0.0906. The van der Waals surface area contributed by atoms with E-state index in [9.17, 15) is 13.6 Å². The Kier molecular flexibility index (Phi) is 5.79. The summed E-state index contributed by atoms with van der Waals surface area (Å²) in [5.74, 6) is -0.907. The molecule has 0 radical (unpaired) electrons. The fourth-order valence-electron chi connectivity index (χ4n) is 2.47. The number of carbonyl (C=O) groups is 1. The summed E-state index contributed by atoms with van der Waals surface area (Å²) in [7, 11) is 0. The number of nitrogens with one attached hydrogen (secondary N) is 1. The van der Waals surface area contributed by atoms with Gasteiger partial charge >= 0.3 is 0 Å². The van der Waals surface area contributed by atoms with Crippen LogP contribution in [0.2, 0.25) is 10.0 Å². The Morgan fingerprint density at radius 2 is 2.00 bits per heavy atom. The first-order valence-corrected chi connectivity index (χ1v) is 7.46. The third kappa shape index (κ3) is 5.09. The molecule has 7 heteroatoms. The summed E-state index contributed by atoms with van der Waals surface area (Å²) in [6, 6.07) is 4.74. The maximum atomic E-state index is 12.7. The molecular weight excluding hydrogens is 321 g/mol. The number of benzene rings is 1. The highest BCUT2D eigenvalue weighted by Gasteiger charge is 2.27. The molecule has 1 atom stereocenters. The lowest BCUT2D eigenvalue weighted by atomic mass is 9.99. The van der Waals surface area contributed by atoms with Crippen LogP contribution in [0.3, 0.4) is 0 Å². The number of nitrogens with zero attached hydrogens (tertiary/aromatic N) is 1. The van der Waals surface area contributed by atoms with Crippen molar-refractivity contribution in [1.29, 1.82) is 0 Å². The zero-order valence-electron chi connectivity index (χ0n) is 11.3. The van der Waals surface area contributed by atoms with Crippen LogP contribution in [-0.4, -0.2) is 36.9 Å². The number of halogens is 4. The zero-order valence-corrected chi connectivity index (χ0v) is 12.8. The molecule has 0 saturated carbocycles. The van der Waals surface area contributed by atoms with Crippen molar-refractivity contribution < 1.29 is 13.6 Å². The van der Waals surface area contributed by atoms with Gasteiger partial charge in [-0.1, -0.05) is 23.2 Å². The fraction of sp³-hybridized carbons (Fsp3) is 0.500. The molecule has 116 valence electrons. The van der Waals surface area contributed by atoms with Gasteiger partial charge in [-0.15, -0.1) is 0 Å². The van der Waals surface area contributed by atoms with E-state index in [0.29, 0.717) is 35.1 Å². The van der Waals surface area contributed by atoms with E-state index in [2.05, 4.69) is 5.32 Å². The summed E-state index contributed by atoms with van der Waals surface area (Å²) in [6.45, 7) is 1.00. The zero-order chi connectivity index (χ0) is 15.4. The van der Waals surface area contributed by atoms with Gasteiger partial charge in [0.2, 0.25) is 12.3 Å². The van der Waals surface area contributed by atoms with Gasteiger partial charge in [0.15, 0.2) is 0 Å². The minimum Gasteiger partial charge on any atom is -0.325 e. The predicted molar refractivity (Wildman–Crippen MR) is 80.3 cm³/mol. The molecule has 3 nitrogen and oxygen atoms in total. The first-order chi connectivity index (χ1) is 9.94. The lowest BCUT2D eigenvalue weighted by Crippen LogP contribution is -2.42. The van der Waals surface area contributed by atoms with E-state index in [4.69, 9.17) is 23.2 Å². The lowest BCUT2D eigenvalue weighted by Gasteiger charge is -2.31. The van der Waals surface area contributed by atoms with Crippen LogP contribution >= 0.6 is 23.2 Å². The molecule has 1 N–H and O–H groups in total. The van der Waals surface area contributed by atoms with E-state index in [-0.39, 0.29) is 19.0 Å². The summed E-state index contributed by atoms with van der Waals surface area (Å²) in [6.07, 6.45) is -1.13. The van der Waals surface area contributed by atoms with Crippen molar-refractivity contribution in [3.8, 4) is 0 Å². The Hall–Kier alpha value is -0.910. The van der Waals surface area contributed by atoms with E-state index in [1.54, 1.807) is 23.1 Å². The molecule has 1 amide bonds. The number of hydrogen-bond donors (Lipinski definition) is 1. The minimum atomic E-state index is -2.33. The van der Waals surface area contributed by atoms with Gasteiger partial charge in [0, 0.05) is 28.2 Å². The number of hydrogen-bond acceptors (Lipinski definition) is 2. The fourth-order valence-corrected chi connectivity index (χ4v) is 3.00. The Morgan fingerprint density at radius 1 is 1.33 bits per heavy atom. The molecule has 0 spiro atoms. The van der Waals surface area contributed by atoms with Crippen molar-refractivity contribution in [3.63, 3.8) is 0 Å². The largest absolute Gasteiger partial charge is 0.325 e. The van der Waals surface area contributed by atoms with Crippen molar-refractivity contribution in [2.75, 3.05) is 25.0 Å². The number of carbonyl (C=O) groups excluding carboxylic acids is 1. The van der Waals surface area contributed by atoms with Crippen LogP contribution in [0.15, 0.2) is 18.2 Å². The highest BCUT2D eigenvalue weighted by atomic mass is 35.5. The number of amides is 1. The van der Waals surface area contributed by atoms with Crippen LogP contribution in [-0.2, 0) is 4.79 Å². The van der Waals surface area contributed by atoms with E-state index in [1.165, 1.54) is 0 Å². The highest BCUT2D eigenvalue weighted by Crippen LogP contribution is 2.24. The Morgan fingerprint density at radius 3 is 2.62 bits per heavy atom. The first kappa shape index (κ1) is 16.5. The number of alkyl halides is 2. The van der Waals surface area contributed by atoms with Crippen molar-refractivity contribution in [2.24, 2.45) is 5.92 Å². The second-order valence-corrected chi connectivity index (χ2v) is 6.05. The summed E-state index contributed by atoms with van der Waals surface area (Å²) >= 11 is 11.7. The average Bonchev–Trinajstić information content (AvgIpc) is 2.37. The monoisotopic (exact) mass is 336 g/mol. The van der Waals surface area contributed by atoms with Crippen molar-refractivity contribution in [3.05, 3.63) is 28.2 Å². The van der Waals surface area contributed by atoms with E-state index >= 15 is 0 Å². The normalized spacial score (nSPS) is 19.8. The van der Waals surface area contributed by atoms with E-state index in [1.807, 2.05) is 0 Å². The SMILES string of the molecule is O=C(CN1CCCC(C(F)F)C1)Nc1cc(Cl)cc(Cl)c1. The van der Waals surface area contributed by atoms with Gasteiger partial charge in [0.1, 0.15) is 0 Å². The van der Waals surface area contributed by atoms with Crippen LogP contribution in [0.1, 0.15) is 12.8 Å². The van der Waals surface area contributed by atoms with Crippen molar-refractivity contribution in [1.82, 2.24) is 4.90 Å². The molecular formula is C14H16Cl2F2N2O. The summed E-state index contributed by atoms with van der Waals surface area (Å²) in [5.41, 5.74) is 0.500. The van der Waals surface area contributed by atoms with Crippen LogP contribution in [0, 0.1) is 5.92 Å². The van der Waals surface area contributed by atoms with Crippen LogP contribution in [0.5, 0.6) is 0 Å². The maximum absolute atomic E-state index is 12.7. The van der Waals surface area contributed by atoms with E-state index < -0.39 is 12.3 Å². The molecule has 1 aromatic rings. The van der Waals surface area contributed by atoms with Crippen LogP contribution < -0.4 is 5.32 Å². The Bertz CT molecular complexity index is 493. The number of anilines is 1. The smallest absolute Gasteiger partial charge is 0.242 e. The summed E-state index contributed by atoms with van der Waals surface area (Å²) in [5, 5.41) is 3.53. The average molecular weight is 337 g/mol. The quantitative estimate of drug-likeness (QED) is 0.904. The molecule has 21 heavy (non-hydrogen) atoms. The molecule has 0 bridgehead atoms. The van der Waals surface area contributed by atoms with Crippen molar-refractivity contribution >= 4 is 34.8 Å². The topological polar surface area (TPSA) is 32.3 Å². The van der Waals surface area contributed by atoms with Crippen LogP contribution in [0.25, 0.3) is 0 Å². The molecule has 1 aliphatic heterocycles. The van der Waals surface area contributed by atoms with Crippen molar-refractivity contribution in [2.45, 2.75) is 19.3 Å². The van der Waals surface area contributed by atoms with Gasteiger partial charge in [-0.3, -0.25) is 9.69 Å². The van der Waals surface area contributed by atoms with E-state index in [0.717, 1.165) is 0 Å². The Labute approximate surface area is 132 Å². The standard InChI is InChI=1S/C14H16Cl2F2N2O/c15-10-4-11(16)6-12(5-10)19-13(21)8-20-3-1-2-9(7-20)14(17)18/h4-6,9,14H,1-3,7-8H2,(H,19,21). The molecule has 1 saturated heterocycles. The Balaban J connectivity index is 1.89. The molecule has 1 unspecified atom stereocenters. The second kappa shape index (κ2) is 7.38. The van der Waals surface area contributed by atoms with Gasteiger partial charge in [0.05, 0.1) is 6.54 Å². The highest BCUT2D eigenvalue weighted by molar-refractivity contribution is 6.35. The molecule has 0 aromatic heterocycles. The summed E-state index contributed by atoms with van der Waals surface area (Å²) in [4.78, 5) is 13.7. The molecule has 1 aromatic carbocycles. The molecule has 0 aliphatic carbocycles. The van der Waals surface area contributed by atoms with Gasteiger partial charge in [-0.2, -0.15) is 0 Å². The van der Waals surface area contributed by atoms with Gasteiger partial charge in [-0.25, -0.2) is 8.78 Å². The molecule has 1 heterocycles. The second-order valence-electron chi connectivity index (χ2n) is 5.18. The van der Waals surface area contributed by atoms with Gasteiger partial charge in [-0.05, 0) is 37.6 Å².